The normalized spacial score (nSPS) is 21.1. The fraction of sp³-hybridized carbons (Fsp3) is 0.600. The van der Waals surface area contributed by atoms with Crippen LogP contribution in [-0.4, -0.2) is 35.5 Å². The van der Waals surface area contributed by atoms with Gasteiger partial charge >= 0.3 is 5.97 Å². The molecule has 0 spiro atoms. The molecule has 0 aliphatic carbocycles. The predicted octanol–water partition coefficient (Wildman–Crippen LogP) is 1.20. The molecule has 82 valence electrons. The Kier molecular flexibility index (Phi) is 3.02. The van der Waals surface area contributed by atoms with Crippen molar-refractivity contribution >= 4 is 17.3 Å². The van der Waals surface area contributed by atoms with Gasteiger partial charge in [0.05, 0.1) is 17.8 Å². The van der Waals surface area contributed by atoms with E-state index < -0.39 is 0 Å². The maximum atomic E-state index is 11.3. The van der Waals surface area contributed by atoms with E-state index in [-0.39, 0.29) is 12.0 Å². The molecule has 1 saturated heterocycles. The van der Waals surface area contributed by atoms with Crippen molar-refractivity contribution in [1.29, 1.82) is 0 Å². The van der Waals surface area contributed by atoms with E-state index in [9.17, 15) is 4.79 Å². The Bertz CT molecular complexity index is 364. The van der Waals surface area contributed by atoms with E-state index in [0.29, 0.717) is 0 Å². The molecular formula is C10H14N2O2S. The molecule has 0 radical (unpaired) electrons. The third-order valence-corrected chi connectivity index (χ3v) is 3.46. The number of carbonyl (C=O) groups is 1. The van der Waals surface area contributed by atoms with Crippen molar-refractivity contribution < 1.29 is 9.53 Å². The van der Waals surface area contributed by atoms with Crippen molar-refractivity contribution in [2.45, 2.75) is 25.9 Å². The number of thiazole rings is 1. The summed E-state index contributed by atoms with van der Waals surface area (Å²) in [6.45, 7) is 3.70. The molecule has 2 heterocycles. The Morgan fingerprint density at radius 2 is 2.60 bits per heavy atom. The van der Waals surface area contributed by atoms with Crippen LogP contribution in [0.25, 0.3) is 0 Å². The number of aromatic nitrogens is 1. The molecular weight excluding hydrogens is 212 g/mol. The molecule has 1 aromatic rings. The van der Waals surface area contributed by atoms with E-state index in [1.807, 2.05) is 12.3 Å². The van der Waals surface area contributed by atoms with Crippen molar-refractivity contribution in [1.82, 2.24) is 9.88 Å². The number of esters is 1. The zero-order valence-corrected chi connectivity index (χ0v) is 9.71. The third-order valence-electron chi connectivity index (χ3n) is 2.64. The lowest BCUT2D eigenvalue weighted by Crippen LogP contribution is -2.52. The van der Waals surface area contributed by atoms with Crippen molar-refractivity contribution in [2.75, 3.05) is 13.7 Å². The molecule has 0 amide bonds. The number of hydrogen-bond donors (Lipinski definition) is 0. The largest absolute Gasteiger partial charge is 0.468 e. The average Bonchev–Trinajstić information content (AvgIpc) is 2.58. The number of nitrogens with zero attached hydrogens (tertiary/aromatic N) is 2. The summed E-state index contributed by atoms with van der Waals surface area (Å²) in [5.41, 5.74) is 1.05. The Labute approximate surface area is 92.9 Å². The monoisotopic (exact) mass is 226 g/mol. The highest BCUT2D eigenvalue weighted by Crippen LogP contribution is 2.22. The second-order valence-corrected chi connectivity index (χ2v) is 4.72. The number of carbonyl (C=O) groups excluding carboxylic acids is 1. The van der Waals surface area contributed by atoms with Gasteiger partial charge in [-0.3, -0.25) is 9.69 Å². The first-order valence-corrected chi connectivity index (χ1v) is 5.81. The summed E-state index contributed by atoms with van der Waals surface area (Å²) >= 11 is 1.64. The molecule has 4 nitrogen and oxygen atoms in total. The van der Waals surface area contributed by atoms with Crippen LogP contribution in [0.3, 0.4) is 0 Å². The summed E-state index contributed by atoms with van der Waals surface area (Å²) in [7, 11) is 1.44. The summed E-state index contributed by atoms with van der Waals surface area (Å²) in [5, 5.41) is 3.11. The Balaban J connectivity index is 1.93. The van der Waals surface area contributed by atoms with Crippen LogP contribution in [0.5, 0.6) is 0 Å². The van der Waals surface area contributed by atoms with Gasteiger partial charge < -0.3 is 4.74 Å². The van der Waals surface area contributed by atoms with Crippen molar-refractivity contribution in [3.05, 3.63) is 16.1 Å². The van der Waals surface area contributed by atoms with E-state index in [1.165, 1.54) is 7.11 Å². The zero-order valence-electron chi connectivity index (χ0n) is 8.90. The van der Waals surface area contributed by atoms with Gasteiger partial charge in [-0.05, 0) is 13.3 Å². The molecule has 2 rings (SSSR count). The highest BCUT2D eigenvalue weighted by atomic mass is 32.1. The van der Waals surface area contributed by atoms with E-state index in [2.05, 4.69) is 9.88 Å². The maximum Gasteiger partial charge on any atom is 0.323 e. The summed E-state index contributed by atoms with van der Waals surface area (Å²) in [4.78, 5) is 17.8. The second kappa shape index (κ2) is 4.28. The molecule has 1 aromatic heterocycles. The zero-order chi connectivity index (χ0) is 10.8. The summed E-state index contributed by atoms with van der Waals surface area (Å²) in [6.07, 6.45) is 0.899. The minimum atomic E-state index is -0.131. The summed E-state index contributed by atoms with van der Waals surface area (Å²) in [6, 6.07) is -0.0583. The number of hydrogen-bond acceptors (Lipinski definition) is 5. The van der Waals surface area contributed by atoms with Gasteiger partial charge in [0.25, 0.3) is 0 Å². The lowest BCUT2D eigenvalue weighted by atomic mass is 10.0. The van der Waals surface area contributed by atoms with E-state index in [1.54, 1.807) is 11.3 Å². The average molecular weight is 226 g/mol. The van der Waals surface area contributed by atoms with Gasteiger partial charge in [0.2, 0.25) is 0 Å². The number of rotatable bonds is 3. The van der Waals surface area contributed by atoms with Gasteiger partial charge in [0.1, 0.15) is 6.04 Å². The van der Waals surface area contributed by atoms with Gasteiger partial charge in [0.15, 0.2) is 0 Å². The first kappa shape index (κ1) is 10.6. The summed E-state index contributed by atoms with van der Waals surface area (Å²) < 4.78 is 4.73. The molecule has 1 fully saturated rings. The fourth-order valence-electron chi connectivity index (χ4n) is 1.72. The Morgan fingerprint density at radius 1 is 1.80 bits per heavy atom. The smallest absolute Gasteiger partial charge is 0.323 e. The quantitative estimate of drug-likeness (QED) is 0.726. The molecule has 5 heteroatoms. The van der Waals surface area contributed by atoms with Crippen LogP contribution in [0, 0.1) is 6.92 Å². The highest BCUT2D eigenvalue weighted by Gasteiger charge is 2.34. The molecule has 1 unspecified atom stereocenters. The van der Waals surface area contributed by atoms with Gasteiger partial charge in [-0.2, -0.15) is 0 Å². The van der Waals surface area contributed by atoms with Gasteiger partial charge in [-0.15, -0.1) is 11.3 Å². The third kappa shape index (κ3) is 2.18. The molecule has 1 aliphatic rings. The van der Waals surface area contributed by atoms with Gasteiger partial charge in [0, 0.05) is 18.5 Å². The van der Waals surface area contributed by atoms with Crippen LogP contribution in [0.1, 0.15) is 17.1 Å². The SMILES string of the molecule is COC(=O)C1CCN1Cc1csc(C)n1. The molecule has 0 saturated carbocycles. The van der Waals surface area contributed by atoms with Gasteiger partial charge in [-0.25, -0.2) is 4.98 Å². The number of ether oxygens (including phenoxy) is 1. The molecule has 1 aliphatic heterocycles. The fourth-order valence-corrected chi connectivity index (χ4v) is 2.33. The minimum absolute atomic E-state index is 0.0583. The minimum Gasteiger partial charge on any atom is -0.468 e. The number of methoxy groups -OCH3 is 1. The topological polar surface area (TPSA) is 42.4 Å². The Hall–Kier alpha value is -0.940. The predicted molar refractivity (Wildman–Crippen MR) is 57.7 cm³/mol. The molecule has 0 N–H and O–H groups in total. The number of aryl methyl sites for hydroxylation is 1. The first-order chi connectivity index (χ1) is 7.20. The van der Waals surface area contributed by atoms with Crippen LogP contribution < -0.4 is 0 Å². The molecule has 15 heavy (non-hydrogen) atoms. The number of likely N-dealkylation sites (tertiary alicyclic amines) is 1. The van der Waals surface area contributed by atoms with Crippen LogP contribution >= 0.6 is 11.3 Å². The maximum absolute atomic E-state index is 11.3. The van der Waals surface area contributed by atoms with Crippen LogP contribution in [-0.2, 0) is 16.1 Å². The van der Waals surface area contributed by atoms with Crippen LogP contribution in [0.4, 0.5) is 0 Å². The highest BCUT2D eigenvalue weighted by molar-refractivity contribution is 7.09. The molecule has 1 atom stereocenters. The lowest BCUT2D eigenvalue weighted by molar-refractivity contribution is -0.152. The molecule has 0 bridgehead atoms. The second-order valence-electron chi connectivity index (χ2n) is 3.66. The van der Waals surface area contributed by atoms with E-state index >= 15 is 0 Å². The van der Waals surface area contributed by atoms with Crippen LogP contribution in [0.2, 0.25) is 0 Å². The summed E-state index contributed by atoms with van der Waals surface area (Å²) in [5.74, 6) is -0.131. The van der Waals surface area contributed by atoms with E-state index in [4.69, 9.17) is 4.74 Å². The molecule has 0 aromatic carbocycles. The lowest BCUT2D eigenvalue weighted by Gasteiger charge is -2.38. The Morgan fingerprint density at radius 3 is 3.07 bits per heavy atom. The van der Waals surface area contributed by atoms with Crippen molar-refractivity contribution in [2.24, 2.45) is 0 Å². The first-order valence-electron chi connectivity index (χ1n) is 4.93. The van der Waals surface area contributed by atoms with E-state index in [0.717, 1.165) is 30.2 Å². The van der Waals surface area contributed by atoms with Gasteiger partial charge in [-0.1, -0.05) is 0 Å². The van der Waals surface area contributed by atoms with Crippen molar-refractivity contribution in [3.63, 3.8) is 0 Å². The van der Waals surface area contributed by atoms with Crippen molar-refractivity contribution in [3.8, 4) is 0 Å². The standard InChI is InChI=1S/C10H14N2O2S/c1-7-11-8(6-15-7)5-12-4-3-9(12)10(13)14-2/h6,9H,3-5H2,1-2H3. The van der Waals surface area contributed by atoms with Crippen LogP contribution in [0.15, 0.2) is 5.38 Å².